The molecule has 2 saturated carbocycles. The van der Waals surface area contributed by atoms with E-state index in [1.165, 1.54) is 0 Å². The van der Waals surface area contributed by atoms with E-state index < -0.39 is 5.54 Å². The molecule has 0 bridgehead atoms. The van der Waals surface area contributed by atoms with Gasteiger partial charge in [0.15, 0.2) is 0 Å². The summed E-state index contributed by atoms with van der Waals surface area (Å²) in [7, 11) is 1.65. The second-order valence-electron chi connectivity index (χ2n) is 6.83. The number of aliphatic hydroxyl groups excluding tert-OH is 1. The number of carbonyl (C=O) groups excluding carboxylic acids is 1. The highest BCUT2D eigenvalue weighted by atomic mass is 16.5. The third kappa shape index (κ3) is 3.78. The van der Waals surface area contributed by atoms with E-state index in [4.69, 9.17) is 4.74 Å². The van der Waals surface area contributed by atoms with Crippen LogP contribution in [0.5, 0.6) is 5.75 Å². The number of methoxy groups -OCH3 is 1. The van der Waals surface area contributed by atoms with Crippen molar-refractivity contribution in [2.75, 3.05) is 13.7 Å². The fraction of sp³-hybridized carbons (Fsp3) is 0.611. The van der Waals surface area contributed by atoms with Gasteiger partial charge >= 0.3 is 6.03 Å². The average Bonchev–Trinajstić information content (AvgIpc) is 3.32. The number of carbonyl (C=O) groups is 1. The highest BCUT2D eigenvalue weighted by Gasteiger charge is 2.37. The first kappa shape index (κ1) is 16.1. The topological polar surface area (TPSA) is 70.6 Å². The highest BCUT2D eigenvalue weighted by Crippen LogP contribution is 2.41. The van der Waals surface area contributed by atoms with Gasteiger partial charge in [-0.3, -0.25) is 0 Å². The minimum atomic E-state index is -0.432. The van der Waals surface area contributed by atoms with Crippen molar-refractivity contribution in [3.63, 3.8) is 0 Å². The van der Waals surface area contributed by atoms with Crippen LogP contribution in [0.25, 0.3) is 0 Å². The summed E-state index contributed by atoms with van der Waals surface area (Å²) < 4.78 is 5.20. The molecule has 1 atom stereocenters. The molecular weight excluding hydrogens is 292 g/mol. The lowest BCUT2D eigenvalue weighted by Gasteiger charge is -2.29. The largest absolute Gasteiger partial charge is 0.497 e. The number of hydrogen-bond acceptors (Lipinski definition) is 3. The van der Waals surface area contributed by atoms with Crippen molar-refractivity contribution >= 4 is 6.03 Å². The number of nitrogens with one attached hydrogen (secondary N) is 2. The zero-order valence-electron chi connectivity index (χ0n) is 13.7. The Morgan fingerprint density at radius 2 is 1.96 bits per heavy atom. The van der Waals surface area contributed by atoms with Crippen LogP contribution in [0.3, 0.4) is 0 Å². The fourth-order valence-electron chi connectivity index (χ4n) is 3.51. The zero-order chi connectivity index (χ0) is 16.3. The Bertz CT molecular complexity index is 534. The van der Waals surface area contributed by atoms with Crippen LogP contribution in [0.15, 0.2) is 24.3 Å². The number of urea groups is 1. The molecule has 2 fully saturated rings. The molecule has 0 aromatic heterocycles. The number of rotatable bonds is 6. The van der Waals surface area contributed by atoms with Crippen LogP contribution in [0.4, 0.5) is 4.79 Å². The second kappa shape index (κ2) is 6.79. The van der Waals surface area contributed by atoms with Crippen molar-refractivity contribution in [3.8, 4) is 5.75 Å². The van der Waals surface area contributed by atoms with Crippen LogP contribution in [-0.2, 0) is 0 Å². The van der Waals surface area contributed by atoms with Crippen molar-refractivity contribution in [1.29, 1.82) is 0 Å². The van der Waals surface area contributed by atoms with Crippen molar-refractivity contribution in [2.45, 2.75) is 50.1 Å². The van der Waals surface area contributed by atoms with E-state index in [9.17, 15) is 9.90 Å². The Kier molecular flexibility index (Phi) is 4.76. The van der Waals surface area contributed by atoms with E-state index in [0.717, 1.165) is 49.8 Å². The molecule has 1 aromatic carbocycles. The molecule has 0 spiro atoms. The molecule has 126 valence electrons. The number of benzene rings is 1. The van der Waals surface area contributed by atoms with E-state index in [0.29, 0.717) is 5.92 Å². The van der Waals surface area contributed by atoms with Crippen LogP contribution in [0, 0.1) is 5.92 Å². The summed E-state index contributed by atoms with van der Waals surface area (Å²) in [5.74, 6) is 1.32. The van der Waals surface area contributed by atoms with Crippen molar-refractivity contribution in [3.05, 3.63) is 29.8 Å². The standard InChI is InChI=1S/C18H26N2O3/c1-23-15-8-6-14(7-9-15)16(13-4-5-13)19-17(22)20-18(12-21)10-2-3-11-18/h6-9,13,16,21H,2-5,10-12H2,1H3,(H2,19,20,22). The molecule has 0 aliphatic heterocycles. The lowest BCUT2D eigenvalue weighted by Crippen LogP contribution is -2.53. The molecule has 0 heterocycles. The summed E-state index contributed by atoms with van der Waals surface area (Å²) in [6, 6.07) is 7.73. The lowest BCUT2D eigenvalue weighted by atomic mass is 9.99. The molecule has 3 rings (SSSR count). The van der Waals surface area contributed by atoms with Crippen LogP contribution >= 0.6 is 0 Å². The maximum Gasteiger partial charge on any atom is 0.315 e. The van der Waals surface area contributed by atoms with Crippen LogP contribution < -0.4 is 15.4 Å². The molecule has 23 heavy (non-hydrogen) atoms. The Balaban J connectivity index is 1.66. The van der Waals surface area contributed by atoms with Gasteiger partial charge in [0.25, 0.3) is 0 Å². The van der Waals surface area contributed by atoms with Crippen molar-refractivity contribution in [1.82, 2.24) is 10.6 Å². The molecule has 0 radical (unpaired) electrons. The molecule has 1 aromatic rings. The third-order valence-electron chi connectivity index (χ3n) is 5.10. The van der Waals surface area contributed by atoms with Gasteiger partial charge in [-0.2, -0.15) is 0 Å². The number of hydrogen-bond donors (Lipinski definition) is 3. The summed E-state index contributed by atoms with van der Waals surface area (Å²) in [5.41, 5.74) is 0.672. The molecule has 0 saturated heterocycles. The minimum absolute atomic E-state index is 0.0110. The molecule has 2 aliphatic carbocycles. The Morgan fingerprint density at radius 1 is 1.30 bits per heavy atom. The summed E-state index contributed by atoms with van der Waals surface area (Å²) in [4.78, 5) is 12.4. The second-order valence-corrected chi connectivity index (χ2v) is 6.83. The molecule has 1 unspecified atom stereocenters. The predicted octanol–water partition coefficient (Wildman–Crippen LogP) is 2.75. The predicted molar refractivity (Wildman–Crippen MR) is 88.4 cm³/mol. The molecule has 2 aliphatic rings. The van der Waals surface area contributed by atoms with Gasteiger partial charge in [0.2, 0.25) is 0 Å². The van der Waals surface area contributed by atoms with Gasteiger partial charge in [-0.15, -0.1) is 0 Å². The van der Waals surface area contributed by atoms with Crippen LogP contribution in [0.2, 0.25) is 0 Å². The summed E-state index contributed by atoms with van der Waals surface area (Å²) in [6.07, 6.45) is 6.11. The summed E-state index contributed by atoms with van der Waals surface area (Å²) in [6.45, 7) is 0.0110. The smallest absolute Gasteiger partial charge is 0.315 e. The summed E-state index contributed by atoms with van der Waals surface area (Å²) in [5, 5.41) is 15.8. The fourth-order valence-corrected chi connectivity index (χ4v) is 3.51. The Morgan fingerprint density at radius 3 is 2.48 bits per heavy atom. The van der Waals surface area contributed by atoms with Gasteiger partial charge in [-0.1, -0.05) is 25.0 Å². The number of amides is 2. The normalized spacial score (nSPS) is 20.8. The maximum atomic E-state index is 12.4. The van der Waals surface area contributed by atoms with E-state index >= 15 is 0 Å². The number of ether oxygens (including phenoxy) is 1. The summed E-state index contributed by atoms with van der Waals surface area (Å²) >= 11 is 0. The molecular formula is C18H26N2O3. The molecule has 3 N–H and O–H groups in total. The van der Waals surface area contributed by atoms with E-state index in [-0.39, 0.29) is 18.7 Å². The van der Waals surface area contributed by atoms with Gasteiger partial charge in [0.1, 0.15) is 5.75 Å². The first-order valence-electron chi connectivity index (χ1n) is 8.49. The highest BCUT2D eigenvalue weighted by molar-refractivity contribution is 5.75. The van der Waals surface area contributed by atoms with E-state index in [1.807, 2.05) is 24.3 Å². The van der Waals surface area contributed by atoms with Gasteiger partial charge in [0, 0.05) is 0 Å². The Hall–Kier alpha value is -1.75. The SMILES string of the molecule is COc1ccc(C(NC(=O)NC2(CO)CCCC2)C2CC2)cc1. The monoisotopic (exact) mass is 318 g/mol. The van der Waals surface area contributed by atoms with Crippen molar-refractivity contribution < 1.29 is 14.6 Å². The zero-order valence-corrected chi connectivity index (χ0v) is 13.7. The molecule has 2 amide bonds. The van der Waals surface area contributed by atoms with Crippen LogP contribution in [0.1, 0.15) is 50.1 Å². The molecule has 5 heteroatoms. The first-order chi connectivity index (χ1) is 11.2. The average molecular weight is 318 g/mol. The first-order valence-corrected chi connectivity index (χ1v) is 8.49. The lowest BCUT2D eigenvalue weighted by molar-refractivity contribution is 0.161. The van der Waals surface area contributed by atoms with Crippen LogP contribution in [-0.4, -0.2) is 30.4 Å². The quantitative estimate of drug-likeness (QED) is 0.755. The number of aliphatic hydroxyl groups is 1. The molecule has 5 nitrogen and oxygen atoms in total. The van der Waals surface area contributed by atoms with E-state index in [1.54, 1.807) is 7.11 Å². The minimum Gasteiger partial charge on any atom is -0.497 e. The van der Waals surface area contributed by atoms with Gasteiger partial charge in [-0.25, -0.2) is 4.79 Å². The maximum absolute atomic E-state index is 12.4. The third-order valence-corrected chi connectivity index (χ3v) is 5.10. The van der Waals surface area contributed by atoms with Crippen molar-refractivity contribution in [2.24, 2.45) is 5.92 Å². The Labute approximate surface area is 137 Å². The van der Waals surface area contributed by atoms with Gasteiger partial charge < -0.3 is 20.5 Å². The van der Waals surface area contributed by atoms with Gasteiger partial charge in [0.05, 0.1) is 25.3 Å². The van der Waals surface area contributed by atoms with Gasteiger partial charge in [-0.05, 0) is 49.3 Å². The van der Waals surface area contributed by atoms with E-state index in [2.05, 4.69) is 10.6 Å².